The van der Waals surface area contributed by atoms with Gasteiger partial charge in [0.15, 0.2) is 11.3 Å². The van der Waals surface area contributed by atoms with Gasteiger partial charge in [-0.05, 0) is 18.1 Å². The van der Waals surface area contributed by atoms with Crippen molar-refractivity contribution >= 4 is 39.0 Å². The van der Waals surface area contributed by atoms with Gasteiger partial charge in [0.05, 0.1) is 49.4 Å². The van der Waals surface area contributed by atoms with Crippen molar-refractivity contribution in [3.05, 3.63) is 71.1 Å². The first kappa shape index (κ1) is 35.3. The number of ether oxygens (including phenoxy) is 3. The largest absolute Gasteiger partial charge is 0.380 e. The van der Waals surface area contributed by atoms with Gasteiger partial charge in [0.25, 0.3) is 0 Å². The number of hydrogen-bond acceptors (Lipinski definition) is 11. The number of aromatic nitrogens is 9. The van der Waals surface area contributed by atoms with Crippen molar-refractivity contribution in [2.75, 3.05) is 33.7 Å². The molecule has 5 heterocycles. The van der Waals surface area contributed by atoms with Gasteiger partial charge in [-0.1, -0.05) is 39.0 Å². The summed E-state index contributed by atoms with van der Waals surface area (Å²) >= 11 is 0. The van der Waals surface area contributed by atoms with E-state index in [0.717, 1.165) is 81.5 Å². The Hall–Kier alpha value is -4.59. The minimum atomic E-state index is 0.475. The molecule has 0 aliphatic heterocycles. The van der Waals surface area contributed by atoms with E-state index in [9.17, 15) is 0 Å². The molecule has 6 rings (SSSR count). The normalized spacial score (nSPS) is 11.0. The van der Waals surface area contributed by atoms with Gasteiger partial charge in [0.1, 0.15) is 28.5 Å². The third-order valence-corrected chi connectivity index (χ3v) is 7.54. The zero-order chi connectivity index (χ0) is 33.9. The van der Waals surface area contributed by atoms with E-state index < -0.39 is 0 Å². The van der Waals surface area contributed by atoms with Crippen LogP contribution in [0.5, 0.6) is 0 Å². The number of hydrogen-bond donors (Lipinski definition) is 1. The highest BCUT2D eigenvalue weighted by Crippen LogP contribution is 2.27. The topological polar surface area (TPSA) is 140 Å². The van der Waals surface area contributed by atoms with E-state index in [-0.39, 0.29) is 0 Å². The maximum Gasteiger partial charge on any atom is 0.163 e. The van der Waals surface area contributed by atoms with Crippen molar-refractivity contribution in [3.63, 3.8) is 0 Å². The Morgan fingerprint density at radius 1 is 0.638 bits per heavy atom. The fourth-order valence-corrected chi connectivity index (χ4v) is 5.25. The lowest BCUT2D eigenvalue weighted by molar-refractivity contribution is 0.182. The Morgan fingerprint density at radius 3 is 1.60 bits per heavy atom. The van der Waals surface area contributed by atoms with Gasteiger partial charge in [-0.15, -0.1) is 0 Å². The molecule has 0 radical (unpaired) electrons. The average Bonchev–Trinajstić information content (AvgIpc) is 3.67. The van der Waals surface area contributed by atoms with Crippen molar-refractivity contribution in [3.8, 4) is 0 Å². The van der Waals surface area contributed by atoms with Crippen LogP contribution in [0.2, 0.25) is 0 Å². The maximum absolute atomic E-state index is 5.28. The van der Waals surface area contributed by atoms with Crippen molar-refractivity contribution < 1.29 is 14.2 Å². The molecule has 0 aliphatic carbocycles. The highest BCUT2D eigenvalue weighted by molar-refractivity contribution is 5.86. The molecule has 250 valence electrons. The molecule has 5 aromatic heterocycles. The molecule has 13 heteroatoms. The zero-order valence-electron chi connectivity index (χ0n) is 29.0. The van der Waals surface area contributed by atoms with Crippen LogP contribution in [0.25, 0.3) is 33.2 Å². The van der Waals surface area contributed by atoms with Crippen LogP contribution in [0.4, 0.5) is 5.82 Å². The molecule has 47 heavy (non-hydrogen) atoms. The molecule has 0 unspecified atom stereocenters. The van der Waals surface area contributed by atoms with Crippen LogP contribution in [0.3, 0.4) is 0 Å². The van der Waals surface area contributed by atoms with Gasteiger partial charge in [0.2, 0.25) is 0 Å². The summed E-state index contributed by atoms with van der Waals surface area (Å²) in [5.74, 6) is 2.58. The first-order valence-corrected chi connectivity index (χ1v) is 15.7. The Morgan fingerprint density at radius 2 is 1.15 bits per heavy atom. The first-order chi connectivity index (χ1) is 22.8. The van der Waals surface area contributed by atoms with E-state index in [4.69, 9.17) is 14.2 Å². The third kappa shape index (κ3) is 8.05. The Labute approximate surface area is 275 Å². The van der Waals surface area contributed by atoms with Gasteiger partial charge in [-0.25, -0.2) is 34.9 Å². The summed E-state index contributed by atoms with van der Waals surface area (Å²) in [6.07, 6.45) is 6.11. The maximum atomic E-state index is 5.28. The van der Waals surface area contributed by atoms with Crippen LogP contribution in [0, 0.1) is 0 Å². The molecule has 0 saturated heterocycles. The molecule has 0 fully saturated rings. The van der Waals surface area contributed by atoms with E-state index in [1.54, 1.807) is 34.0 Å². The number of rotatable bonds is 10. The molecule has 0 atom stereocenters. The van der Waals surface area contributed by atoms with Crippen molar-refractivity contribution in [2.24, 2.45) is 14.1 Å². The number of methoxy groups -OCH3 is 3. The van der Waals surface area contributed by atoms with Crippen LogP contribution >= 0.6 is 0 Å². The van der Waals surface area contributed by atoms with Gasteiger partial charge in [-0.3, -0.25) is 0 Å². The van der Waals surface area contributed by atoms with E-state index in [1.807, 2.05) is 56.3 Å². The van der Waals surface area contributed by atoms with Crippen LogP contribution in [-0.4, -0.2) is 72.4 Å². The zero-order valence-corrected chi connectivity index (χ0v) is 29.0. The highest BCUT2D eigenvalue weighted by Gasteiger charge is 2.13. The van der Waals surface area contributed by atoms with Crippen LogP contribution < -0.4 is 5.32 Å². The molecule has 0 bridgehead atoms. The Bertz CT molecular complexity index is 1830. The average molecular weight is 643 g/mol. The number of para-hydroxylation sites is 1. The number of nitrogens with zero attached hydrogens (tertiary/aromatic N) is 9. The summed E-state index contributed by atoms with van der Waals surface area (Å²) in [6, 6.07) is 8.24. The standard InChI is InChI=1S/C14H18N2O.2C10H14N4O/c1-4-10-11-7-5-6-8-13(11)16-14(15-2)12(10)9-17-3;2*1-4-8-12-7(5-15-3)9-10(13-8)14(2)6-11-9/h5-8H,4,9H2,1-3H3,(H,15,16);2*6H,4-5H2,1-3H3. The summed E-state index contributed by atoms with van der Waals surface area (Å²) in [7, 11) is 10.8. The number of nitrogens with one attached hydrogen (secondary N) is 1. The second-order valence-electron chi connectivity index (χ2n) is 10.8. The van der Waals surface area contributed by atoms with E-state index in [1.165, 1.54) is 10.9 Å². The summed E-state index contributed by atoms with van der Waals surface area (Å²) < 4.78 is 19.3. The summed E-state index contributed by atoms with van der Waals surface area (Å²) in [6.45, 7) is 7.78. The molecule has 0 amide bonds. The van der Waals surface area contributed by atoms with Gasteiger partial charge in [-0.2, -0.15) is 0 Å². The first-order valence-electron chi connectivity index (χ1n) is 15.7. The lowest BCUT2D eigenvalue weighted by Crippen LogP contribution is -2.05. The Balaban J connectivity index is 0.000000160. The molecule has 0 aliphatic rings. The number of imidazole rings is 2. The van der Waals surface area contributed by atoms with Gasteiger partial charge in [0, 0.05) is 66.3 Å². The number of aryl methyl sites for hydroxylation is 5. The summed E-state index contributed by atoms with van der Waals surface area (Å²) in [5.41, 5.74) is 8.64. The van der Waals surface area contributed by atoms with Crippen molar-refractivity contribution in [1.29, 1.82) is 0 Å². The molecule has 1 aromatic carbocycles. The lowest BCUT2D eigenvalue weighted by Gasteiger charge is -2.15. The monoisotopic (exact) mass is 642 g/mol. The third-order valence-electron chi connectivity index (χ3n) is 7.54. The van der Waals surface area contributed by atoms with Crippen molar-refractivity contribution in [1.82, 2.24) is 44.0 Å². The summed E-state index contributed by atoms with van der Waals surface area (Å²) in [5, 5.41) is 4.38. The Kier molecular flexibility index (Phi) is 12.6. The van der Waals surface area contributed by atoms with Crippen LogP contribution in [0.1, 0.15) is 54.9 Å². The molecular formula is C34H46N10O3. The number of benzene rings is 1. The molecule has 0 saturated carbocycles. The number of anilines is 1. The predicted octanol–water partition coefficient (Wildman–Crippen LogP) is 5.13. The molecule has 6 aromatic rings. The fraction of sp³-hybridized carbons (Fsp3) is 0.441. The highest BCUT2D eigenvalue weighted by atomic mass is 16.5. The lowest BCUT2D eigenvalue weighted by atomic mass is 10.0. The minimum absolute atomic E-state index is 0.475. The predicted molar refractivity (Wildman–Crippen MR) is 184 cm³/mol. The second kappa shape index (κ2) is 16.8. The number of fused-ring (bicyclic) bond motifs is 3. The minimum Gasteiger partial charge on any atom is -0.380 e. The quantitative estimate of drug-likeness (QED) is 0.213. The fourth-order valence-electron chi connectivity index (χ4n) is 5.25. The smallest absolute Gasteiger partial charge is 0.163 e. The second-order valence-corrected chi connectivity index (χ2v) is 10.8. The van der Waals surface area contributed by atoms with Crippen molar-refractivity contribution in [2.45, 2.75) is 59.9 Å². The number of pyridine rings is 1. The molecule has 13 nitrogen and oxygen atoms in total. The van der Waals surface area contributed by atoms with Crippen LogP contribution in [-0.2, 0) is 67.4 Å². The van der Waals surface area contributed by atoms with E-state index in [2.05, 4.69) is 59.3 Å². The molecule has 0 spiro atoms. The van der Waals surface area contributed by atoms with E-state index in [0.29, 0.717) is 19.8 Å². The van der Waals surface area contributed by atoms with Gasteiger partial charge >= 0.3 is 0 Å². The SMILES string of the molecule is CCc1c(COC)c(NC)nc2ccccc12.CCc1nc(COC)c2ncn(C)c2n1.CCc1nc(COC)c2ncn(C)c2n1. The summed E-state index contributed by atoms with van der Waals surface area (Å²) in [4.78, 5) is 30.9. The van der Waals surface area contributed by atoms with E-state index >= 15 is 0 Å². The molecule has 1 N–H and O–H groups in total. The van der Waals surface area contributed by atoms with Gasteiger partial charge < -0.3 is 28.7 Å². The molecular weight excluding hydrogens is 596 g/mol. The van der Waals surface area contributed by atoms with Crippen LogP contribution in [0.15, 0.2) is 36.9 Å².